The van der Waals surface area contributed by atoms with Gasteiger partial charge in [-0.2, -0.15) is 4.98 Å². The highest BCUT2D eigenvalue weighted by Crippen LogP contribution is 2.52. The average molecular weight is 392 g/mol. The van der Waals surface area contributed by atoms with Gasteiger partial charge in [-0.1, -0.05) is 12.1 Å². The van der Waals surface area contributed by atoms with Crippen molar-refractivity contribution >= 4 is 16.0 Å². The van der Waals surface area contributed by atoms with E-state index in [1.54, 1.807) is 13.8 Å². The number of nitrogens with zero attached hydrogens (tertiary/aromatic N) is 2. The summed E-state index contributed by atoms with van der Waals surface area (Å²) in [6.45, 7) is 3.81. The van der Waals surface area contributed by atoms with E-state index >= 15 is 0 Å². The molecular formula is C16H26F2N4O3S. The molecule has 0 spiro atoms. The van der Waals surface area contributed by atoms with E-state index in [2.05, 4.69) is 20.2 Å². The molecule has 1 aromatic heterocycles. The van der Waals surface area contributed by atoms with Crippen molar-refractivity contribution < 1.29 is 21.7 Å². The molecule has 3 rings (SSSR count). The smallest absolute Gasteiger partial charge is 0.321 e. The zero-order valence-corrected chi connectivity index (χ0v) is 15.9. The Labute approximate surface area is 152 Å². The maximum Gasteiger partial charge on any atom is 0.321 e. The minimum atomic E-state index is -3.15. The molecular weight excluding hydrogens is 366 g/mol. The van der Waals surface area contributed by atoms with Crippen LogP contribution in [0.2, 0.25) is 0 Å². The molecule has 1 aromatic rings. The van der Waals surface area contributed by atoms with Crippen LogP contribution in [0.1, 0.15) is 58.2 Å². The van der Waals surface area contributed by atoms with Crippen molar-refractivity contribution in [3.8, 4) is 0 Å². The molecule has 0 aliphatic heterocycles. The molecule has 0 radical (unpaired) electrons. The van der Waals surface area contributed by atoms with Crippen LogP contribution in [-0.2, 0) is 15.4 Å². The monoisotopic (exact) mass is 392 g/mol. The summed E-state index contributed by atoms with van der Waals surface area (Å²) in [6.07, 6.45) is 3.02. The molecule has 148 valence electrons. The van der Waals surface area contributed by atoms with Crippen LogP contribution in [0.5, 0.6) is 0 Å². The highest BCUT2D eigenvalue weighted by Gasteiger charge is 2.56. The highest BCUT2D eigenvalue weighted by atomic mass is 32.2. The topological polar surface area (TPSA) is 97.1 Å². The Kier molecular flexibility index (Phi) is 5.26. The molecule has 7 nitrogen and oxygen atoms in total. The van der Waals surface area contributed by atoms with Crippen molar-refractivity contribution in [1.29, 1.82) is 0 Å². The van der Waals surface area contributed by atoms with E-state index in [0.717, 1.165) is 25.7 Å². The first-order valence-corrected chi connectivity index (χ1v) is 10.7. The van der Waals surface area contributed by atoms with E-state index in [4.69, 9.17) is 4.52 Å². The van der Waals surface area contributed by atoms with Gasteiger partial charge in [0.2, 0.25) is 15.9 Å². The summed E-state index contributed by atoms with van der Waals surface area (Å²) in [6, 6.07) is 0.435. The van der Waals surface area contributed by atoms with Crippen LogP contribution in [0.25, 0.3) is 0 Å². The largest absolute Gasteiger partial charge is 0.335 e. The van der Waals surface area contributed by atoms with Crippen molar-refractivity contribution in [2.75, 3.05) is 17.6 Å². The average Bonchev–Trinajstić information content (AvgIpc) is 3.01. The number of hydrogen-bond donors (Lipinski definition) is 2. The fourth-order valence-electron chi connectivity index (χ4n) is 3.81. The lowest BCUT2D eigenvalue weighted by molar-refractivity contribution is -0.123. The summed E-state index contributed by atoms with van der Waals surface area (Å²) >= 11 is 0. The van der Waals surface area contributed by atoms with E-state index in [9.17, 15) is 17.2 Å². The predicted octanol–water partition coefficient (Wildman–Crippen LogP) is 2.67. The lowest BCUT2D eigenvalue weighted by Gasteiger charge is -2.42. The van der Waals surface area contributed by atoms with Gasteiger partial charge < -0.3 is 9.84 Å². The molecule has 2 fully saturated rings. The quantitative estimate of drug-likeness (QED) is 0.740. The molecule has 0 saturated heterocycles. The van der Waals surface area contributed by atoms with Crippen molar-refractivity contribution in [3.63, 3.8) is 0 Å². The molecule has 0 bridgehead atoms. The summed E-state index contributed by atoms with van der Waals surface area (Å²) in [5, 5.41) is 7.04. The van der Waals surface area contributed by atoms with Crippen LogP contribution >= 0.6 is 0 Å². The van der Waals surface area contributed by atoms with Crippen molar-refractivity contribution in [2.45, 2.75) is 69.8 Å². The van der Waals surface area contributed by atoms with Gasteiger partial charge in [0.15, 0.2) is 5.82 Å². The molecule has 26 heavy (non-hydrogen) atoms. The van der Waals surface area contributed by atoms with E-state index in [1.165, 1.54) is 0 Å². The molecule has 1 heterocycles. The van der Waals surface area contributed by atoms with E-state index < -0.39 is 21.4 Å². The van der Waals surface area contributed by atoms with Crippen molar-refractivity contribution in [3.05, 3.63) is 5.82 Å². The van der Waals surface area contributed by atoms with Crippen LogP contribution in [0.3, 0.4) is 0 Å². The summed E-state index contributed by atoms with van der Waals surface area (Å²) < 4.78 is 57.1. The molecule has 2 aliphatic carbocycles. The summed E-state index contributed by atoms with van der Waals surface area (Å²) in [7, 11) is -3.15. The fourth-order valence-corrected chi connectivity index (χ4v) is 4.50. The minimum Gasteiger partial charge on any atom is -0.335 e. The molecule has 0 aromatic carbocycles. The van der Waals surface area contributed by atoms with E-state index in [0.29, 0.717) is 18.3 Å². The second kappa shape index (κ2) is 7.03. The zero-order chi connectivity index (χ0) is 19.0. The Balaban J connectivity index is 1.45. The molecule has 2 aliphatic rings. The molecule has 0 amide bonds. The van der Waals surface area contributed by atoms with E-state index in [1.807, 2.05) is 0 Å². The van der Waals surface area contributed by atoms with Gasteiger partial charge in [0, 0.05) is 30.8 Å². The third-order valence-corrected chi connectivity index (χ3v) is 6.78. The molecule has 0 unspecified atom stereocenters. The van der Waals surface area contributed by atoms with Crippen LogP contribution in [0, 0.1) is 5.92 Å². The Morgan fingerprint density at radius 2 is 1.88 bits per heavy atom. The number of anilines is 1. The first-order chi connectivity index (χ1) is 12.1. The minimum absolute atomic E-state index is 0.0915. The third kappa shape index (κ3) is 4.51. The van der Waals surface area contributed by atoms with Crippen LogP contribution in [0.15, 0.2) is 4.52 Å². The summed E-state index contributed by atoms with van der Waals surface area (Å²) in [5.41, 5.74) is -0.721. The number of alkyl halides is 2. The van der Waals surface area contributed by atoms with Crippen LogP contribution in [0.4, 0.5) is 14.8 Å². The molecule has 0 atom stereocenters. The van der Waals surface area contributed by atoms with Gasteiger partial charge in [-0.25, -0.2) is 21.9 Å². The first-order valence-electron chi connectivity index (χ1n) is 9.07. The Bertz CT molecular complexity index is 722. The third-order valence-electron chi connectivity index (χ3n) is 5.41. The van der Waals surface area contributed by atoms with E-state index in [-0.39, 0.29) is 30.7 Å². The summed E-state index contributed by atoms with van der Waals surface area (Å²) in [5.74, 6) is -1.90. The van der Waals surface area contributed by atoms with Gasteiger partial charge >= 0.3 is 6.01 Å². The van der Waals surface area contributed by atoms with Gasteiger partial charge in [-0.05, 0) is 38.5 Å². The van der Waals surface area contributed by atoms with Crippen LogP contribution in [-0.4, -0.2) is 42.8 Å². The lowest BCUT2D eigenvalue weighted by Crippen LogP contribution is -2.47. The number of halogens is 2. The Morgan fingerprint density at radius 3 is 2.46 bits per heavy atom. The molecule has 2 N–H and O–H groups in total. The maximum absolute atomic E-state index is 13.1. The number of nitrogens with one attached hydrogen (secondary N) is 2. The highest BCUT2D eigenvalue weighted by molar-refractivity contribution is 7.89. The molecule has 2 saturated carbocycles. The number of aromatic nitrogens is 2. The van der Waals surface area contributed by atoms with Gasteiger partial charge in [0.25, 0.3) is 0 Å². The SMILES string of the molecule is CCS(=O)(=O)NC[C@H]1CC[C@H](Nc2nc(C3(C)CC(F)(F)C3)no2)CC1. The second-order valence-electron chi connectivity index (χ2n) is 7.81. The zero-order valence-electron chi connectivity index (χ0n) is 15.1. The number of hydrogen-bond acceptors (Lipinski definition) is 6. The number of sulfonamides is 1. The fraction of sp³-hybridized carbons (Fsp3) is 0.875. The number of rotatable bonds is 7. The van der Waals surface area contributed by atoms with Gasteiger partial charge in [0.05, 0.1) is 5.75 Å². The second-order valence-corrected chi connectivity index (χ2v) is 9.90. The Morgan fingerprint density at radius 1 is 1.23 bits per heavy atom. The molecule has 10 heteroatoms. The normalized spacial score (nSPS) is 27.7. The van der Waals surface area contributed by atoms with Gasteiger partial charge in [-0.15, -0.1) is 0 Å². The summed E-state index contributed by atoms with van der Waals surface area (Å²) in [4.78, 5) is 4.25. The van der Waals surface area contributed by atoms with Gasteiger partial charge in [-0.3, -0.25) is 0 Å². The first kappa shape index (κ1) is 19.5. The van der Waals surface area contributed by atoms with Crippen molar-refractivity contribution in [1.82, 2.24) is 14.9 Å². The van der Waals surface area contributed by atoms with Gasteiger partial charge in [0.1, 0.15) is 0 Å². The Hall–Kier alpha value is -1.29. The standard InChI is InChI=1S/C16H26F2N4O3S/c1-3-26(23,24)19-8-11-4-6-12(7-5-11)20-14-21-13(22-25-14)15(2)9-16(17,18)10-15/h11-12,19H,3-10H2,1-2H3,(H,20,21,22)/t11-,12-. The van der Waals surface area contributed by atoms with Crippen molar-refractivity contribution in [2.24, 2.45) is 5.92 Å². The lowest BCUT2D eigenvalue weighted by atomic mass is 9.67. The maximum atomic E-state index is 13.1. The van der Waals surface area contributed by atoms with Crippen LogP contribution < -0.4 is 10.0 Å². The predicted molar refractivity (Wildman–Crippen MR) is 92.7 cm³/mol.